The molecule has 1 atom stereocenters. The highest BCUT2D eigenvalue weighted by atomic mass is 127. The second kappa shape index (κ2) is 8.79. The minimum atomic E-state index is -0.183. The van der Waals surface area contributed by atoms with Crippen LogP contribution in [-0.2, 0) is 11.3 Å². The number of halogens is 2. The monoisotopic (exact) mass is 366 g/mol. The van der Waals surface area contributed by atoms with Crippen molar-refractivity contribution in [3.63, 3.8) is 0 Å². The summed E-state index contributed by atoms with van der Waals surface area (Å²) in [6.45, 7) is 5.35. The number of rotatable bonds is 8. The Morgan fingerprint density at radius 3 is 2.89 bits per heavy atom. The highest BCUT2D eigenvalue weighted by Gasteiger charge is 2.04. The summed E-state index contributed by atoms with van der Waals surface area (Å²) in [6, 6.07) is 5.25. The van der Waals surface area contributed by atoms with E-state index in [1.54, 1.807) is 13.2 Å². The van der Waals surface area contributed by atoms with Crippen LogP contribution in [0.3, 0.4) is 0 Å². The Morgan fingerprint density at radius 2 is 2.22 bits per heavy atom. The zero-order valence-electron chi connectivity index (χ0n) is 10.8. The van der Waals surface area contributed by atoms with Gasteiger partial charge in [-0.15, -0.1) is 0 Å². The van der Waals surface area contributed by atoms with Gasteiger partial charge in [0.05, 0.1) is 6.61 Å². The molecule has 5 heteroatoms. The summed E-state index contributed by atoms with van der Waals surface area (Å²) in [6.07, 6.45) is 0. The van der Waals surface area contributed by atoms with Gasteiger partial charge in [-0.1, -0.05) is 6.07 Å². The van der Waals surface area contributed by atoms with Gasteiger partial charge in [0.1, 0.15) is 5.82 Å². The smallest absolute Gasteiger partial charge is 0.124 e. The number of nitrogens with one attached hydrogen (secondary N) is 2. The standard InChI is InChI=1S/C13H20FIN2O/c1-10(8-16-5-6-18-2)17-9-11-3-4-12(14)7-13(11)15/h3-4,7,10,16-17H,5-6,8-9H2,1-2H3. The average molecular weight is 366 g/mol. The first-order valence-corrected chi connectivity index (χ1v) is 7.08. The molecule has 1 aromatic carbocycles. The Balaban J connectivity index is 2.27. The summed E-state index contributed by atoms with van der Waals surface area (Å²) in [7, 11) is 1.69. The van der Waals surface area contributed by atoms with Crippen molar-refractivity contribution in [2.75, 3.05) is 26.8 Å². The second-order valence-electron chi connectivity index (χ2n) is 4.21. The first-order valence-electron chi connectivity index (χ1n) is 6.00. The van der Waals surface area contributed by atoms with Crippen LogP contribution in [0.5, 0.6) is 0 Å². The van der Waals surface area contributed by atoms with Crippen LogP contribution in [0.15, 0.2) is 18.2 Å². The van der Waals surface area contributed by atoms with Crippen molar-refractivity contribution in [3.8, 4) is 0 Å². The molecule has 0 fully saturated rings. The average Bonchev–Trinajstić information content (AvgIpc) is 2.33. The van der Waals surface area contributed by atoms with Gasteiger partial charge in [0, 0.05) is 36.4 Å². The molecule has 0 bridgehead atoms. The van der Waals surface area contributed by atoms with E-state index in [0.29, 0.717) is 6.04 Å². The molecule has 0 aliphatic heterocycles. The molecule has 0 aliphatic carbocycles. The van der Waals surface area contributed by atoms with Gasteiger partial charge in [-0.25, -0.2) is 4.39 Å². The maximum Gasteiger partial charge on any atom is 0.124 e. The molecule has 0 aliphatic rings. The molecular formula is C13H20FIN2O. The molecule has 3 nitrogen and oxygen atoms in total. The van der Waals surface area contributed by atoms with Crippen LogP contribution < -0.4 is 10.6 Å². The molecule has 0 saturated carbocycles. The summed E-state index contributed by atoms with van der Waals surface area (Å²) < 4.78 is 18.9. The van der Waals surface area contributed by atoms with Gasteiger partial charge in [-0.2, -0.15) is 0 Å². The molecule has 1 unspecified atom stereocenters. The van der Waals surface area contributed by atoms with E-state index in [4.69, 9.17) is 4.74 Å². The van der Waals surface area contributed by atoms with Crippen LogP contribution >= 0.6 is 22.6 Å². The van der Waals surface area contributed by atoms with Crippen molar-refractivity contribution in [2.24, 2.45) is 0 Å². The first-order chi connectivity index (χ1) is 8.63. The summed E-state index contributed by atoms with van der Waals surface area (Å²) >= 11 is 2.16. The van der Waals surface area contributed by atoms with Crippen LogP contribution in [0.4, 0.5) is 4.39 Å². The van der Waals surface area contributed by atoms with Crippen molar-refractivity contribution in [3.05, 3.63) is 33.1 Å². The SMILES string of the molecule is COCCNCC(C)NCc1ccc(F)cc1I. The van der Waals surface area contributed by atoms with Crippen molar-refractivity contribution in [1.29, 1.82) is 0 Å². The maximum absolute atomic E-state index is 12.9. The Labute approximate surface area is 122 Å². The lowest BCUT2D eigenvalue weighted by Gasteiger charge is -2.15. The van der Waals surface area contributed by atoms with Gasteiger partial charge in [0.15, 0.2) is 0 Å². The number of methoxy groups -OCH3 is 1. The third-order valence-corrected chi connectivity index (χ3v) is 3.59. The highest BCUT2D eigenvalue weighted by molar-refractivity contribution is 14.1. The third-order valence-electron chi connectivity index (χ3n) is 2.59. The number of hydrogen-bond acceptors (Lipinski definition) is 3. The quantitative estimate of drug-likeness (QED) is 0.547. The molecule has 2 N–H and O–H groups in total. The zero-order chi connectivity index (χ0) is 13.4. The molecule has 0 radical (unpaired) electrons. The van der Waals surface area contributed by atoms with Gasteiger partial charge < -0.3 is 15.4 Å². The zero-order valence-corrected chi connectivity index (χ0v) is 13.0. The van der Waals surface area contributed by atoms with Gasteiger partial charge in [-0.3, -0.25) is 0 Å². The normalized spacial score (nSPS) is 12.7. The summed E-state index contributed by atoms with van der Waals surface area (Å²) in [4.78, 5) is 0. The largest absolute Gasteiger partial charge is 0.383 e. The Bertz CT molecular complexity index is 363. The molecule has 0 saturated heterocycles. The lowest BCUT2D eigenvalue weighted by atomic mass is 10.2. The van der Waals surface area contributed by atoms with Crippen molar-refractivity contribution >= 4 is 22.6 Å². The minimum Gasteiger partial charge on any atom is -0.383 e. The third kappa shape index (κ3) is 6.08. The predicted octanol–water partition coefficient (Wildman–Crippen LogP) is 2.14. The van der Waals surface area contributed by atoms with E-state index in [2.05, 4.69) is 40.1 Å². The van der Waals surface area contributed by atoms with Crippen LogP contribution in [-0.4, -0.2) is 32.8 Å². The molecule has 0 heterocycles. The molecular weight excluding hydrogens is 346 g/mol. The van der Waals surface area contributed by atoms with E-state index in [0.717, 1.165) is 35.4 Å². The first kappa shape index (κ1) is 15.8. The van der Waals surface area contributed by atoms with Gasteiger partial charge in [0.2, 0.25) is 0 Å². The van der Waals surface area contributed by atoms with Crippen LogP contribution in [0.1, 0.15) is 12.5 Å². The van der Waals surface area contributed by atoms with Crippen molar-refractivity contribution in [1.82, 2.24) is 10.6 Å². The molecule has 18 heavy (non-hydrogen) atoms. The van der Waals surface area contributed by atoms with E-state index in [1.807, 2.05) is 6.07 Å². The topological polar surface area (TPSA) is 33.3 Å². The number of hydrogen-bond donors (Lipinski definition) is 2. The summed E-state index contributed by atoms with van der Waals surface area (Å²) in [5.41, 5.74) is 1.13. The maximum atomic E-state index is 12.9. The molecule has 102 valence electrons. The Kier molecular flexibility index (Phi) is 7.73. The molecule has 0 aromatic heterocycles. The van der Waals surface area contributed by atoms with Gasteiger partial charge in [-0.05, 0) is 47.2 Å². The van der Waals surface area contributed by atoms with E-state index < -0.39 is 0 Å². The van der Waals surface area contributed by atoms with Gasteiger partial charge >= 0.3 is 0 Å². The highest BCUT2D eigenvalue weighted by Crippen LogP contribution is 2.13. The predicted molar refractivity (Wildman–Crippen MR) is 80.2 cm³/mol. The fourth-order valence-corrected chi connectivity index (χ4v) is 2.18. The van der Waals surface area contributed by atoms with Gasteiger partial charge in [0.25, 0.3) is 0 Å². The lowest BCUT2D eigenvalue weighted by molar-refractivity contribution is 0.198. The fraction of sp³-hybridized carbons (Fsp3) is 0.538. The fourth-order valence-electron chi connectivity index (χ4n) is 1.51. The Hall–Kier alpha value is -0.240. The minimum absolute atomic E-state index is 0.183. The van der Waals surface area contributed by atoms with Crippen LogP contribution in [0, 0.1) is 9.39 Å². The molecule has 1 aromatic rings. The van der Waals surface area contributed by atoms with Crippen molar-refractivity contribution < 1.29 is 9.13 Å². The Morgan fingerprint density at radius 1 is 1.44 bits per heavy atom. The van der Waals surface area contributed by atoms with Crippen LogP contribution in [0.2, 0.25) is 0 Å². The number of benzene rings is 1. The molecule has 0 amide bonds. The van der Waals surface area contributed by atoms with E-state index in [1.165, 1.54) is 6.07 Å². The number of ether oxygens (including phenoxy) is 1. The van der Waals surface area contributed by atoms with E-state index in [-0.39, 0.29) is 5.82 Å². The van der Waals surface area contributed by atoms with Crippen molar-refractivity contribution in [2.45, 2.75) is 19.5 Å². The summed E-state index contributed by atoms with van der Waals surface area (Å²) in [5, 5.41) is 6.70. The lowest BCUT2D eigenvalue weighted by Crippen LogP contribution is -2.37. The summed E-state index contributed by atoms with van der Waals surface area (Å²) in [5.74, 6) is -0.183. The second-order valence-corrected chi connectivity index (χ2v) is 5.38. The van der Waals surface area contributed by atoms with Crippen LogP contribution in [0.25, 0.3) is 0 Å². The van der Waals surface area contributed by atoms with E-state index in [9.17, 15) is 4.39 Å². The van der Waals surface area contributed by atoms with E-state index >= 15 is 0 Å². The molecule has 1 rings (SSSR count). The molecule has 0 spiro atoms.